The summed E-state index contributed by atoms with van der Waals surface area (Å²) in [5.74, 6) is 0. The summed E-state index contributed by atoms with van der Waals surface area (Å²) in [7, 11) is 0. The summed E-state index contributed by atoms with van der Waals surface area (Å²) in [4.78, 5) is 9.61. The van der Waals surface area contributed by atoms with E-state index in [1.54, 1.807) is 0 Å². The van der Waals surface area contributed by atoms with Gasteiger partial charge in [-0.3, -0.25) is 9.97 Å². The molecule has 0 saturated carbocycles. The van der Waals surface area contributed by atoms with E-state index in [-0.39, 0.29) is 12.4 Å². The number of benzene rings is 2. The first kappa shape index (κ1) is 31.0. The van der Waals surface area contributed by atoms with Gasteiger partial charge in [0.1, 0.15) is 0 Å². The Hall–Kier alpha value is -3.45. The Morgan fingerprint density at radius 1 is 0.558 bits per heavy atom. The molecule has 0 radical (unpaired) electrons. The highest BCUT2D eigenvalue weighted by Gasteiger charge is 2.12. The van der Waals surface area contributed by atoms with Gasteiger partial charge >= 0.3 is 0 Å². The molecule has 0 fully saturated rings. The molecule has 0 amide bonds. The summed E-state index contributed by atoms with van der Waals surface area (Å²) < 4.78 is 4.87. The molecule has 0 aliphatic heterocycles. The number of fused-ring (bicyclic) bond motifs is 6. The normalized spacial score (nSPS) is 11.7. The molecule has 0 aliphatic carbocycles. The van der Waals surface area contributed by atoms with Crippen LogP contribution in [0.2, 0.25) is 0 Å². The number of hydrogen-bond acceptors (Lipinski definition) is 4. The second kappa shape index (κ2) is 14.8. The Labute approximate surface area is 261 Å². The molecule has 4 aromatic heterocycles. The molecule has 2 N–H and O–H groups in total. The third-order valence-electron chi connectivity index (χ3n) is 8.47. The van der Waals surface area contributed by atoms with Crippen molar-refractivity contribution >= 4 is 56.0 Å². The minimum atomic E-state index is 0. The fraction of sp³-hybridized carbons (Fsp3) is 0.389. The topological polar surface area (TPSA) is 59.7 Å². The van der Waals surface area contributed by atoms with E-state index in [4.69, 9.17) is 9.97 Å². The van der Waals surface area contributed by atoms with E-state index in [9.17, 15) is 0 Å². The van der Waals surface area contributed by atoms with Crippen LogP contribution in [-0.4, -0.2) is 32.2 Å². The highest BCUT2D eigenvalue weighted by Crippen LogP contribution is 2.30. The zero-order valence-corrected chi connectivity index (χ0v) is 26.4. The van der Waals surface area contributed by atoms with Gasteiger partial charge in [-0.05, 0) is 63.0 Å². The molecule has 2 aromatic carbocycles. The minimum absolute atomic E-state index is 0. The lowest BCUT2D eigenvalue weighted by atomic mass is 10.1. The molecule has 6 nitrogen and oxygen atoms in total. The van der Waals surface area contributed by atoms with Crippen LogP contribution in [0.15, 0.2) is 73.1 Å². The van der Waals surface area contributed by atoms with Gasteiger partial charge < -0.3 is 19.8 Å². The van der Waals surface area contributed by atoms with Gasteiger partial charge in [-0.2, -0.15) is 0 Å². The maximum absolute atomic E-state index is 4.80. The fourth-order valence-corrected chi connectivity index (χ4v) is 6.22. The number of aryl methyl sites for hydroxylation is 2. The predicted octanol–water partition coefficient (Wildman–Crippen LogP) is 8.37. The highest BCUT2D eigenvalue weighted by molar-refractivity contribution is 6.08. The van der Waals surface area contributed by atoms with Gasteiger partial charge in [0, 0.05) is 58.8 Å². The molecule has 4 heterocycles. The fourth-order valence-electron chi connectivity index (χ4n) is 6.22. The van der Waals surface area contributed by atoms with Crippen molar-refractivity contribution in [1.29, 1.82) is 0 Å². The van der Waals surface area contributed by atoms with E-state index in [1.165, 1.54) is 69.3 Å². The number of rotatable bonds is 15. The maximum atomic E-state index is 4.80. The molecule has 6 rings (SSSR count). The van der Waals surface area contributed by atoms with Crippen molar-refractivity contribution in [3.63, 3.8) is 0 Å². The van der Waals surface area contributed by atoms with Crippen LogP contribution < -0.4 is 10.6 Å². The summed E-state index contributed by atoms with van der Waals surface area (Å²) in [5.41, 5.74) is 7.34. The summed E-state index contributed by atoms with van der Waals surface area (Å²) >= 11 is 0. The molecule has 6 aromatic rings. The third kappa shape index (κ3) is 6.72. The Morgan fingerprint density at radius 3 is 1.44 bits per heavy atom. The first-order valence-corrected chi connectivity index (χ1v) is 15.9. The smallest absolute Gasteiger partial charge is 0.0678 e. The molecular weight excluding hydrogens is 552 g/mol. The highest BCUT2D eigenvalue weighted by atomic mass is 35.5. The number of nitrogens with one attached hydrogen (secondary N) is 2. The van der Waals surface area contributed by atoms with Crippen molar-refractivity contribution in [3.05, 3.63) is 84.4 Å². The van der Waals surface area contributed by atoms with Crippen molar-refractivity contribution < 1.29 is 0 Å². The van der Waals surface area contributed by atoms with Gasteiger partial charge in [-0.15, -0.1) is 12.4 Å². The average Bonchev–Trinajstić information content (AvgIpc) is 3.52. The van der Waals surface area contributed by atoms with Crippen molar-refractivity contribution in [2.45, 2.75) is 78.6 Å². The molecule has 0 aliphatic rings. The van der Waals surface area contributed by atoms with Crippen molar-refractivity contribution in [1.82, 2.24) is 29.7 Å². The largest absolute Gasteiger partial charge is 0.339 e. The number of aromatic nitrogens is 4. The molecule has 0 saturated heterocycles. The van der Waals surface area contributed by atoms with E-state index < -0.39 is 0 Å². The Morgan fingerprint density at radius 2 is 1.00 bits per heavy atom. The Balaban J connectivity index is 0.00000368. The van der Waals surface area contributed by atoms with Crippen molar-refractivity contribution in [2.75, 3.05) is 13.1 Å². The number of hydrogen-bond donors (Lipinski definition) is 2. The molecule has 0 spiro atoms. The van der Waals surface area contributed by atoms with Crippen LogP contribution in [0.3, 0.4) is 0 Å². The zero-order chi connectivity index (χ0) is 28.7. The van der Waals surface area contributed by atoms with Crippen LogP contribution in [0.1, 0.15) is 63.8 Å². The monoisotopic (exact) mass is 596 g/mol. The first-order chi connectivity index (χ1) is 20.8. The van der Waals surface area contributed by atoms with Crippen LogP contribution in [0.25, 0.3) is 43.6 Å². The van der Waals surface area contributed by atoms with E-state index in [1.807, 2.05) is 0 Å². The average molecular weight is 597 g/mol. The van der Waals surface area contributed by atoms with Crippen LogP contribution in [0.5, 0.6) is 0 Å². The summed E-state index contributed by atoms with van der Waals surface area (Å²) in [6.45, 7) is 10.2. The van der Waals surface area contributed by atoms with Gasteiger partial charge in [-0.25, -0.2) is 0 Å². The van der Waals surface area contributed by atoms with E-state index in [2.05, 4.69) is 107 Å². The van der Waals surface area contributed by atoms with E-state index in [0.29, 0.717) is 0 Å². The number of para-hydroxylation sites is 2. The zero-order valence-electron chi connectivity index (χ0n) is 25.6. The number of nitrogens with zero attached hydrogens (tertiary/aromatic N) is 4. The minimum Gasteiger partial charge on any atom is -0.339 e. The van der Waals surface area contributed by atoms with Crippen molar-refractivity contribution in [3.8, 4) is 0 Å². The first-order valence-electron chi connectivity index (χ1n) is 15.9. The summed E-state index contributed by atoms with van der Waals surface area (Å²) in [5, 5.41) is 12.5. The Bertz CT molecular complexity index is 1650. The van der Waals surface area contributed by atoms with E-state index >= 15 is 0 Å². The predicted molar refractivity (Wildman–Crippen MR) is 184 cm³/mol. The van der Waals surface area contributed by atoms with Crippen LogP contribution >= 0.6 is 12.4 Å². The van der Waals surface area contributed by atoms with Crippen LogP contribution in [0.4, 0.5) is 0 Å². The van der Waals surface area contributed by atoms with Gasteiger partial charge in [0.05, 0.1) is 34.8 Å². The molecular formula is C36H45ClN6. The number of pyridine rings is 2. The molecule has 0 bridgehead atoms. The number of halogens is 1. The second-order valence-electron chi connectivity index (χ2n) is 11.5. The lowest BCUT2D eigenvalue weighted by Gasteiger charge is -2.08. The molecule has 7 heteroatoms. The standard InChI is InChI=1S/C36H44N6.ClH/c1-3-5-19-41-33-15-9-7-13-29(33)31-21-27(39-25-35(31)41)23-37-17-11-12-18-38-24-28-22-32-30-14-8-10-16-34(30)42(20-6-4-2)36(32)26-40-28;/h7-10,13-16,21-22,25-26,37-38H,3-6,11-12,17-20,23-24H2,1-2H3;1H. The summed E-state index contributed by atoms with van der Waals surface area (Å²) in [6.07, 6.45) is 11.1. The van der Waals surface area contributed by atoms with E-state index in [0.717, 1.165) is 63.5 Å². The SMILES string of the molecule is CCCCn1c2ccccc2c2cc(CNCCCCNCc3cc4c5ccccc5n(CCCC)c4cn3)ncc21.Cl. The molecule has 0 unspecified atom stereocenters. The maximum Gasteiger partial charge on any atom is 0.0678 e. The Kier molecular flexibility index (Phi) is 10.7. The van der Waals surface area contributed by atoms with Gasteiger partial charge in [0.2, 0.25) is 0 Å². The van der Waals surface area contributed by atoms with Gasteiger partial charge in [-0.1, -0.05) is 63.1 Å². The van der Waals surface area contributed by atoms with Crippen molar-refractivity contribution in [2.24, 2.45) is 0 Å². The number of unbranched alkanes of at least 4 members (excludes halogenated alkanes) is 3. The molecule has 226 valence electrons. The van der Waals surface area contributed by atoms with Crippen LogP contribution in [0, 0.1) is 0 Å². The molecule has 43 heavy (non-hydrogen) atoms. The lowest BCUT2D eigenvalue weighted by Crippen LogP contribution is -2.19. The quantitative estimate of drug-likeness (QED) is 0.117. The lowest BCUT2D eigenvalue weighted by molar-refractivity contribution is 0.576. The summed E-state index contributed by atoms with van der Waals surface area (Å²) in [6, 6.07) is 22.1. The third-order valence-corrected chi connectivity index (χ3v) is 8.47. The van der Waals surface area contributed by atoms with Gasteiger partial charge in [0.15, 0.2) is 0 Å². The van der Waals surface area contributed by atoms with Crippen LogP contribution in [-0.2, 0) is 26.2 Å². The second-order valence-corrected chi connectivity index (χ2v) is 11.5. The van der Waals surface area contributed by atoms with Gasteiger partial charge in [0.25, 0.3) is 0 Å². The molecule has 0 atom stereocenters.